The number of benzene rings is 1. The Bertz CT molecular complexity index is 725. The maximum atomic E-state index is 10.9. The van der Waals surface area contributed by atoms with E-state index >= 15 is 0 Å². The molecule has 1 aromatic heterocycles. The maximum Gasteiger partial charge on any atom is 0.136 e. The maximum absolute atomic E-state index is 10.9. The topological polar surface area (TPSA) is 45.8 Å². The third-order valence-electron chi connectivity index (χ3n) is 4.59. The predicted molar refractivity (Wildman–Crippen MR) is 110 cm³/mol. The van der Waals surface area contributed by atoms with E-state index in [2.05, 4.69) is 31.0 Å². The van der Waals surface area contributed by atoms with Gasteiger partial charge in [-0.05, 0) is 31.2 Å². The number of hydrogen-bond acceptors (Lipinski definition) is 4. The largest absolute Gasteiger partial charge is 0.496 e. The van der Waals surface area contributed by atoms with Crippen molar-refractivity contribution in [3.8, 4) is 5.75 Å². The number of rotatable bonds is 12. The van der Waals surface area contributed by atoms with Gasteiger partial charge in [0.2, 0.25) is 0 Å². The molecular weight excluding hydrogens is 338 g/mol. The third-order valence-corrected chi connectivity index (χ3v) is 4.59. The van der Waals surface area contributed by atoms with Crippen molar-refractivity contribution in [1.29, 1.82) is 0 Å². The monoisotopic (exact) mass is 369 g/mol. The van der Waals surface area contributed by atoms with Crippen molar-refractivity contribution in [3.05, 3.63) is 78.8 Å². The molecule has 0 aliphatic heterocycles. The van der Waals surface area contributed by atoms with Gasteiger partial charge in [-0.25, -0.2) is 0 Å². The summed E-state index contributed by atoms with van der Waals surface area (Å²) < 4.78 is 11.5. The molecule has 0 saturated heterocycles. The molecule has 4 nitrogen and oxygen atoms in total. The first-order chi connectivity index (χ1) is 13.1. The summed E-state index contributed by atoms with van der Waals surface area (Å²) in [7, 11) is 1.70. The van der Waals surface area contributed by atoms with E-state index in [1.165, 1.54) is 0 Å². The first-order valence-electron chi connectivity index (χ1n) is 9.44. The highest BCUT2D eigenvalue weighted by Crippen LogP contribution is 2.31. The van der Waals surface area contributed by atoms with Crippen molar-refractivity contribution in [3.63, 3.8) is 0 Å². The van der Waals surface area contributed by atoms with Crippen LogP contribution in [0.4, 0.5) is 0 Å². The highest BCUT2D eigenvalue weighted by molar-refractivity contribution is 5.33. The van der Waals surface area contributed by atoms with Gasteiger partial charge in [-0.3, -0.25) is 4.90 Å². The van der Waals surface area contributed by atoms with Crippen molar-refractivity contribution in [2.45, 2.75) is 44.9 Å². The normalized spacial score (nSPS) is 11.6. The molecule has 2 aromatic rings. The van der Waals surface area contributed by atoms with E-state index in [0.29, 0.717) is 25.1 Å². The Hall–Kier alpha value is -2.30. The number of ether oxygens (including phenoxy) is 1. The van der Waals surface area contributed by atoms with Gasteiger partial charge in [0.05, 0.1) is 13.7 Å². The Kier molecular flexibility index (Phi) is 7.89. The molecule has 2 rings (SSSR count). The smallest absolute Gasteiger partial charge is 0.136 e. The minimum Gasteiger partial charge on any atom is -0.496 e. The number of hydrogen-bond donors (Lipinski definition) is 1. The summed E-state index contributed by atoms with van der Waals surface area (Å²) in [6.45, 7) is 12.0. The molecule has 146 valence electrons. The lowest BCUT2D eigenvalue weighted by molar-refractivity contribution is 0.0186. The second-order valence-electron chi connectivity index (χ2n) is 6.81. The molecule has 0 amide bonds. The second kappa shape index (κ2) is 10.1. The molecule has 0 fully saturated rings. The zero-order chi connectivity index (χ0) is 19.7. The van der Waals surface area contributed by atoms with E-state index in [1.807, 2.05) is 30.3 Å². The van der Waals surface area contributed by atoms with Crippen LogP contribution in [0.3, 0.4) is 0 Å². The first kappa shape index (κ1) is 21.0. The SMILES string of the molecule is C=CCC(O)(CC=C)c1ccc(CN(CCC)Cc2ccccc2OC)o1. The molecule has 0 aliphatic rings. The van der Waals surface area contributed by atoms with Crippen LogP contribution in [-0.4, -0.2) is 23.7 Å². The Balaban J connectivity index is 2.16. The van der Waals surface area contributed by atoms with Crippen molar-refractivity contribution < 1.29 is 14.3 Å². The van der Waals surface area contributed by atoms with E-state index in [1.54, 1.807) is 19.3 Å². The summed E-state index contributed by atoms with van der Waals surface area (Å²) in [5.41, 5.74) is 0.0648. The number of aliphatic hydroxyl groups is 1. The lowest BCUT2D eigenvalue weighted by atomic mass is 9.93. The predicted octanol–water partition coefficient (Wildman–Crippen LogP) is 5.04. The zero-order valence-electron chi connectivity index (χ0n) is 16.5. The van der Waals surface area contributed by atoms with E-state index in [0.717, 1.165) is 36.6 Å². The fraction of sp³-hybridized carbons (Fsp3) is 0.391. The molecule has 0 radical (unpaired) electrons. The minimum atomic E-state index is -1.08. The van der Waals surface area contributed by atoms with Crippen LogP contribution in [0.2, 0.25) is 0 Å². The van der Waals surface area contributed by atoms with Crippen LogP contribution in [-0.2, 0) is 18.7 Å². The fourth-order valence-electron chi connectivity index (χ4n) is 3.30. The van der Waals surface area contributed by atoms with Gasteiger partial charge in [0, 0.05) is 24.9 Å². The van der Waals surface area contributed by atoms with Gasteiger partial charge in [0.15, 0.2) is 0 Å². The van der Waals surface area contributed by atoms with Crippen molar-refractivity contribution in [1.82, 2.24) is 4.90 Å². The molecule has 0 spiro atoms. The Labute approximate surface area is 162 Å². The standard InChI is InChI=1S/C23H31NO3/c1-5-14-23(25,15-6-2)22-13-12-20(27-22)18-24(16-7-3)17-19-10-8-9-11-21(19)26-4/h5-6,8-13,25H,1-2,7,14-18H2,3-4H3. The molecule has 27 heavy (non-hydrogen) atoms. The molecule has 0 aliphatic carbocycles. The van der Waals surface area contributed by atoms with Gasteiger partial charge in [-0.15, -0.1) is 13.2 Å². The number of nitrogens with zero attached hydrogens (tertiary/aromatic N) is 1. The average Bonchev–Trinajstić information content (AvgIpc) is 3.12. The van der Waals surface area contributed by atoms with E-state index in [4.69, 9.17) is 9.15 Å². The van der Waals surface area contributed by atoms with Crippen LogP contribution in [0.15, 0.2) is 66.1 Å². The van der Waals surface area contributed by atoms with E-state index in [-0.39, 0.29) is 0 Å². The summed E-state index contributed by atoms with van der Waals surface area (Å²) in [6.07, 6.45) is 5.30. The van der Waals surface area contributed by atoms with Gasteiger partial charge < -0.3 is 14.3 Å². The molecule has 1 aromatic carbocycles. The summed E-state index contributed by atoms with van der Waals surface area (Å²) >= 11 is 0. The van der Waals surface area contributed by atoms with E-state index in [9.17, 15) is 5.11 Å². The Morgan fingerprint density at radius 2 is 1.81 bits per heavy atom. The summed E-state index contributed by atoms with van der Waals surface area (Å²) in [5, 5.41) is 10.9. The number of furan rings is 1. The van der Waals surface area contributed by atoms with Crippen LogP contribution in [0.25, 0.3) is 0 Å². The van der Waals surface area contributed by atoms with E-state index < -0.39 is 5.60 Å². The quantitative estimate of drug-likeness (QED) is 0.532. The van der Waals surface area contributed by atoms with Crippen LogP contribution in [0, 0.1) is 0 Å². The third kappa shape index (κ3) is 5.59. The van der Waals surface area contributed by atoms with Gasteiger partial charge >= 0.3 is 0 Å². The number of para-hydroxylation sites is 1. The lowest BCUT2D eigenvalue weighted by Gasteiger charge is -2.24. The lowest BCUT2D eigenvalue weighted by Crippen LogP contribution is -2.24. The van der Waals surface area contributed by atoms with Crippen molar-refractivity contribution in [2.24, 2.45) is 0 Å². The summed E-state index contributed by atoms with van der Waals surface area (Å²) in [5.74, 6) is 2.29. The van der Waals surface area contributed by atoms with Crippen molar-refractivity contribution >= 4 is 0 Å². The molecule has 1 heterocycles. The molecule has 0 unspecified atom stereocenters. The molecule has 4 heteroatoms. The van der Waals surface area contributed by atoms with Crippen LogP contribution in [0.1, 0.15) is 43.3 Å². The summed E-state index contributed by atoms with van der Waals surface area (Å²) in [6, 6.07) is 11.9. The van der Waals surface area contributed by atoms with Gasteiger partial charge in [0.1, 0.15) is 22.9 Å². The highest BCUT2D eigenvalue weighted by Gasteiger charge is 2.30. The van der Waals surface area contributed by atoms with Crippen LogP contribution in [0.5, 0.6) is 5.75 Å². The van der Waals surface area contributed by atoms with Gasteiger partial charge in [-0.2, -0.15) is 0 Å². The molecular formula is C23H31NO3. The fourth-order valence-corrected chi connectivity index (χ4v) is 3.30. The second-order valence-corrected chi connectivity index (χ2v) is 6.81. The average molecular weight is 370 g/mol. The highest BCUT2D eigenvalue weighted by atomic mass is 16.5. The Morgan fingerprint density at radius 1 is 1.11 bits per heavy atom. The van der Waals surface area contributed by atoms with Crippen LogP contribution < -0.4 is 4.74 Å². The molecule has 0 saturated carbocycles. The summed E-state index contributed by atoms with van der Waals surface area (Å²) in [4.78, 5) is 2.32. The molecule has 0 bridgehead atoms. The first-order valence-corrected chi connectivity index (χ1v) is 9.44. The van der Waals surface area contributed by atoms with Crippen LogP contribution >= 0.6 is 0 Å². The number of methoxy groups -OCH3 is 1. The van der Waals surface area contributed by atoms with Gasteiger partial charge in [-0.1, -0.05) is 37.3 Å². The minimum absolute atomic E-state index is 0.422. The molecule has 1 N–H and O–H groups in total. The Morgan fingerprint density at radius 3 is 2.44 bits per heavy atom. The molecule has 0 atom stereocenters. The van der Waals surface area contributed by atoms with Gasteiger partial charge in [0.25, 0.3) is 0 Å². The zero-order valence-corrected chi connectivity index (χ0v) is 16.5. The van der Waals surface area contributed by atoms with Crippen molar-refractivity contribution in [2.75, 3.05) is 13.7 Å².